The molecule has 6 heteroatoms. The van der Waals surface area contributed by atoms with Crippen molar-refractivity contribution in [3.8, 4) is 0 Å². The molecule has 1 aromatic rings. The van der Waals surface area contributed by atoms with Gasteiger partial charge in [0.2, 0.25) is 10.0 Å². The lowest BCUT2D eigenvalue weighted by Gasteiger charge is -2.24. The maximum absolute atomic E-state index is 12.5. The summed E-state index contributed by atoms with van der Waals surface area (Å²) in [6.07, 6.45) is 1.97. The molecule has 1 aromatic carbocycles. The molecule has 0 spiro atoms. The average molecular weight is 311 g/mol. The zero-order chi connectivity index (χ0) is 16.0. The fraction of sp³-hybridized carbons (Fsp3) is 0.400. The van der Waals surface area contributed by atoms with Crippen molar-refractivity contribution in [2.45, 2.75) is 37.6 Å². The number of hydrogen-bond donors (Lipinski definition) is 1. The van der Waals surface area contributed by atoms with Crippen LogP contribution in [0.15, 0.2) is 41.8 Å². The van der Waals surface area contributed by atoms with Gasteiger partial charge in [-0.3, -0.25) is 4.79 Å². The van der Waals surface area contributed by atoms with Crippen LogP contribution in [-0.2, 0) is 21.2 Å². The highest BCUT2D eigenvalue weighted by Gasteiger charge is 2.25. The smallest absolute Gasteiger partial charge is 0.303 e. The van der Waals surface area contributed by atoms with Gasteiger partial charge >= 0.3 is 5.97 Å². The second-order valence-electron chi connectivity index (χ2n) is 4.99. The molecule has 0 heterocycles. The highest BCUT2D eigenvalue weighted by atomic mass is 32.2. The predicted octanol–water partition coefficient (Wildman–Crippen LogP) is 2.29. The van der Waals surface area contributed by atoms with E-state index in [1.807, 2.05) is 13.8 Å². The molecule has 1 rings (SSSR count). The van der Waals surface area contributed by atoms with E-state index in [4.69, 9.17) is 5.11 Å². The molecule has 0 bridgehead atoms. The van der Waals surface area contributed by atoms with E-state index in [1.165, 1.54) is 16.4 Å². The first kappa shape index (κ1) is 17.4. The van der Waals surface area contributed by atoms with Gasteiger partial charge < -0.3 is 5.11 Å². The lowest BCUT2D eigenvalue weighted by molar-refractivity contribution is -0.136. The fourth-order valence-electron chi connectivity index (χ4n) is 1.93. The molecule has 0 fully saturated rings. The molecule has 1 N–H and O–H groups in total. The lowest BCUT2D eigenvalue weighted by atomic mass is 10.1. The van der Waals surface area contributed by atoms with E-state index in [9.17, 15) is 13.2 Å². The zero-order valence-corrected chi connectivity index (χ0v) is 13.1. The number of aryl methyl sites for hydroxylation is 1. The molecule has 116 valence electrons. The Morgan fingerprint density at radius 2 is 1.90 bits per heavy atom. The van der Waals surface area contributed by atoms with Crippen molar-refractivity contribution in [1.82, 2.24) is 4.31 Å². The number of carbonyl (C=O) groups is 1. The molecule has 0 radical (unpaired) electrons. The minimum absolute atomic E-state index is 0.0285. The first-order chi connectivity index (χ1) is 9.78. The third kappa shape index (κ3) is 4.68. The number of nitrogens with zero attached hydrogens (tertiary/aromatic N) is 1. The molecule has 0 amide bonds. The third-order valence-corrected chi connectivity index (χ3v) is 5.10. The molecule has 0 aliphatic heterocycles. The number of carboxylic acids is 1. The lowest BCUT2D eigenvalue weighted by Crippen LogP contribution is -2.36. The molecule has 21 heavy (non-hydrogen) atoms. The van der Waals surface area contributed by atoms with Crippen LogP contribution in [0.3, 0.4) is 0 Å². The number of carboxylic acid groups (broad SMARTS) is 1. The van der Waals surface area contributed by atoms with E-state index in [0.717, 1.165) is 5.56 Å². The van der Waals surface area contributed by atoms with Crippen molar-refractivity contribution in [1.29, 1.82) is 0 Å². The summed E-state index contributed by atoms with van der Waals surface area (Å²) < 4.78 is 26.4. The summed E-state index contributed by atoms with van der Waals surface area (Å²) in [7, 11) is -3.56. The second kappa shape index (κ2) is 7.38. The molecular weight excluding hydrogens is 290 g/mol. The van der Waals surface area contributed by atoms with Gasteiger partial charge in [0.1, 0.15) is 0 Å². The van der Waals surface area contributed by atoms with Crippen molar-refractivity contribution < 1.29 is 18.3 Å². The Labute approximate surface area is 126 Å². The Hall–Kier alpha value is -1.66. The van der Waals surface area contributed by atoms with Gasteiger partial charge in [-0.05, 0) is 38.0 Å². The van der Waals surface area contributed by atoms with Gasteiger partial charge in [-0.15, -0.1) is 6.58 Å². The van der Waals surface area contributed by atoms with Crippen molar-refractivity contribution >= 4 is 16.0 Å². The number of benzene rings is 1. The Balaban J connectivity index is 2.98. The Bertz CT molecular complexity index is 591. The highest BCUT2D eigenvalue weighted by molar-refractivity contribution is 7.89. The minimum Gasteiger partial charge on any atom is -0.481 e. The first-order valence-corrected chi connectivity index (χ1v) is 8.16. The van der Waals surface area contributed by atoms with E-state index < -0.39 is 16.0 Å². The van der Waals surface area contributed by atoms with E-state index >= 15 is 0 Å². The normalized spacial score (nSPS) is 11.8. The van der Waals surface area contributed by atoms with Gasteiger partial charge in [0.15, 0.2) is 0 Å². The largest absolute Gasteiger partial charge is 0.481 e. The second-order valence-corrected chi connectivity index (χ2v) is 6.89. The molecule has 0 saturated heterocycles. The molecule has 0 unspecified atom stereocenters. The van der Waals surface area contributed by atoms with Crippen molar-refractivity contribution in [3.63, 3.8) is 0 Å². The Kier molecular flexibility index (Phi) is 6.11. The van der Waals surface area contributed by atoms with Crippen molar-refractivity contribution in [2.24, 2.45) is 0 Å². The van der Waals surface area contributed by atoms with Gasteiger partial charge in [-0.25, -0.2) is 8.42 Å². The monoisotopic (exact) mass is 311 g/mol. The molecule has 0 atom stereocenters. The van der Waals surface area contributed by atoms with E-state index in [2.05, 4.69) is 6.58 Å². The minimum atomic E-state index is -3.56. The van der Waals surface area contributed by atoms with Crippen molar-refractivity contribution in [2.75, 3.05) is 6.54 Å². The van der Waals surface area contributed by atoms with Gasteiger partial charge in [0.05, 0.1) is 4.90 Å². The van der Waals surface area contributed by atoms with Gasteiger partial charge in [-0.2, -0.15) is 4.31 Å². The number of aliphatic carboxylic acids is 1. The molecule has 5 nitrogen and oxygen atoms in total. The summed E-state index contributed by atoms with van der Waals surface area (Å²) in [6, 6.07) is 6.18. The highest BCUT2D eigenvalue weighted by Crippen LogP contribution is 2.19. The standard InChI is InChI=1S/C15H21NO4S/c1-4-11-16(12(2)3)21(19,20)14-8-5-13(6-9-14)7-10-15(17)18/h4-6,8-9,12H,1,7,10-11H2,2-3H3,(H,17,18). The van der Waals surface area contributed by atoms with Crippen LogP contribution in [0.5, 0.6) is 0 Å². The number of rotatable bonds is 8. The molecule has 0 aliphatic rings. The van der Waals surface area contributed by atoms with E-state index in [-0.39, 0.29) is 23.9 Å². The Morgan fingerprint density at radius 1 is 1.33 bits per heavy atom. The summed E-state index contributed by atoms with van der Waals surface area (Å²) in [6.45, 7) is 7.45. The Morgan fingerprint density at radius 3 is 2.33 bits per heavy atom. The van der Waals surface area contributed by atoms with Gasteiger partial charge in [0.25, 0.3) is 0 Å². The molecule has 0 aliphatic carbocycles. The van der Waals surface area contributed by atoms with Crippen LogP contribution in [0.25, 0.3) is 0 Å². The summed E-state index contributed by atoms with van der Waals surface area (Å²) in [5, 5.41) is 8.64. The third-order valence-electron chi connectivity index (χ3n) is 3.04. The predicted molar refractivity (Wildman–Crippen MR) is 81.6 cm³/mol. The topological polar surface area (TPSA) is 74.7 Å². The van der Waals surface area contributed by atoms with Gasteiger partial charge in [0, 0.05) is 19.0 Å². The van der Waals surface area contributed by atoms with Crippen LogP contribution < -0.4 is 0 Å². The molecule has 0 aromatic heterocycles. The quantitative estimate of drug-likeness (QED) is 0.747. The molecular formula is C15H21NO4S. The zero-order valence-electron chi connectivity index (χ0n) is 12.3. The van der Waals surface area contributed by atoms with Crippen LogP contribution >= 0.6 is 0 Å². The van der Waals surface area contributed by atoms with Crippen LogP contribution in [-0.4, -0.2) is 36.4 Å². The summed E-state index contributed by atoms with van der Waals surface area (Å²) in [4.78, 5) is 10.7. The summed E-state index contributed by atoms with van der Waals surface area (Å²) in [5.41, 5.74) is 0.802. The summed E-state index contributed by atoms with van der Waals surface area (Å²) in [5.74, 6) is -0.872. The fourth-order valence-corrected chi connectivity index (χ4v) is 3.54. The van der Waals surface area contributed by atoms with Crippen LogP contribution in [0.4, 0.5) is 0 Å². The van der Waals surface area contributed by atoms with E-state index in [1.54, 1.807) is 18.2 Å². The van der Waals surface area contributed by atoms with E-state index in [0.29, 0.717) is 6.42 Å². The SMILES string of the molecule is C=CCN(C(C)C)S(=O)(=O)c1ccc(CCC(=O)O)cc1. The van der Waals surface area contributed by atoms with Crippen LogP contribution in [0, 0.1) is 0 Å². The average Bonchev–Trinajstić information content (AvgIpc) is 2.42. The first-order valence-electron chi connectivity index (χ1n) is 6.72. The summed E-state index contributed by atoms with van der Waals surface area (Å²) >= 11 is 0. The van der Waals surface area contributed by atoms with Crippen molar-refractivity contribution in [3.05, 3.63) is 42.5 Å². The number of hydrogen-bond acceptors (Lipinski definition) is 3. The molecule has 0 saturated carbocycles. The maximum Gasteiger partial charge on any atom is 0.303 e. The number of sulfonamides is 1. The van der Waals surface area contributed by atoms with Crippen LogP contribution in [0.2, 0.25) is 0 Å². The van der Waals surface area contributed by atoms with Crippen LogP contribution in [0.1, 0.15) is 25.8 Å². The van der Waals surface area contributed by atoms with Gasteiger partial charge in [-0.1, -0.05) is 18.2 Å². The maximum atomic E-state index is 12.5.